The van der Waals surface area contributed by atoms with Gasteiger partial charge in [0.2, 0.25) is 0 Å². The Morgan fingerprint density at radius 1 is 0.867 bits per heavy atom. The summed E-state index contributed by atoms with van der Waals surface area (Å²) in [6, 6.07) is 10.8. The first-order valence-electron chi connectivity index (χ1n) is 5.49. The third kappa shape index (κ3) is 1.46. The van der Waals surface area contributed by atoms with Crippen LogP contribution >= 0.6 is 0 Å². The molecule has 1 unspecified atom stereocenters. The minimum Gasteiger partial charge on any atom is -0.0739 e. The zero-order valence-corrected chi connectivity index (χ0v) is 8.64. The lowest BCUT2D eigenvalue weighted by molar-refractivity contribution is 0.807. The van der Waals surface area contributed by atoms with Gasteiger partial charge in [0, 0.05) is 5.41 Å². The van der Waals surface area contributed by atoms with E-state index in [0.29, 0.717) is 11.3 Å². The summed E-state index contributed by atoms with van der Waals surface area (Å²) in [5.41, 5.74) is 1.78. The van der Waals surface area contributed by atoms with Gasteiger partial charge in [0.05, 0.1) is 0 Å². The minimum absolute atomic E-state index is 0.310. The molecule has 0 N–H and O–H groups in total. The van der Waals surface area contributed by atoms with Gasteiger partial charge >= 0.3 is 0 Å². The van der Waals surface area contributed by atoms with Crippen molar-refractivity contribution in [1.82, 2.24) is 0 Å². The molecular weight excluding hydrogens is 180 g/mol. The first-order chi connectivity index (χ1) is 7.41. The van der Waals surface area contributed by atoms with E-state index < -0.39 is 0 Å². The van der Waals surface area contributed by atoms with Crippen molar-refractivity contribution in [3.63, 3.8) is 0 Å². The van der Waals surface area contributed by atoms with E-state index in [1.165, 1.54) is 12.0 Å². The first kappa shape index (κ1) is 8.72. The molecule has 0 aromatic heterocycles. The van der Waals surface area contributed by atoms with Crippen LogP contribution < -0.4 is 0 Å². The average molecular weight is 194 g/mol. The third-order valence-corrected chi connectivity index (χ3v) is 3.39. The Bertz CT molecular complexity index is 418. The smallest absolute Gasteiger partial charge is 0.0142 e. The number of benzene rings is 1. The normalized spacial score (nSPS) is 25.5. The molecule has 0 radical (unpaired) electrons. The maximum absolute atomic E-state index is 2.34. The molecule has 15 heavy (non-hydrogen) atoms. The van der Waals surface area contributed by atoms with Gasteiger partial charge in [-0.2, -0.15) is 0 Å². The molecule has 0 amide bonds. The maximum atomic E-state index is 2.34. The fourth-order valence-corrected chi connectivity index (χ4v) is 2.43. The molecule has 0 saturated heterocycles. The second-order valence-electron chi connectivity index (χ2n) is 4.38. The molecule has 74 valence electrons. The maximum Gasteiger partial charge on any atom is 0.0142 e. The molecule has 0 heterocycles. The van der Waals surface area contributed by atoms with Gasteiger partial charge in [-0.15, -0.1) is 0 Å². The van der Waals surface area contributed by atoms with Gasteiger partial charge in [-0.1, -0.05) is 66.8 Å². The van der Waals surface area contributed by atoms with Crippen LogP contribution in [0.2, 0.25) is 0 Å². The average Bonchev–Trinajstić information content (AvgIpc) is 3.05. The molecule has 1 spiro atoms. The van der Waals surface area contributed by atoms with Crippen molar-refractivity contribution in [2.24, 2.45) is 5.41 Å². The Morgan fingerprint density at radius 2 is 1.53 bits per heavy atom. The molecule has 1 aromatic rings. The molecule has 0 aliphatic heterocycles. The largest absolute Gasteiger partial charge is 0.0739 e. The van der Waals surface area contributed by atoms with Crippen LogP contribution in [-0.4, -0.2) is 0 Å². The molecule has 0 heteroatoms. The van der Waals surface area contributed by atoms with E-state index in [1.54, 1.807) is 0 Å². The summed E-state index contributed by atoms with van der Waals surface area (Å²) in [6.45, 7) is 0. The van der Waals surface area contributed by atoms with Crippen molar-refractivity contribution >= 4 is 0 Å². The number of rotatable bonds is 1. The van der Waals surface area contributed by atoms with E-state index in [-0.39, 0.29) is 0 Å². The van der Waals surface area contributed by atoms with Crippen LogP contribution in [-0.2, 0) is 0 Å². The van der Waals surface area contributed by atoms with Crippen molar-refractivity contribution in [3.8, 4) is 0 Å². The minimum atomic E-state index is 0.310. The molecule has 1 aromatic carbocycles. The van der Waals surface area contributed by atoms with Crippen LogP contribution in [0.25, 0.3) is 0 Å². The van der Waals surface area contributed by atoms with E-state index in [1.807, 2.05) is 0 Å². The fraction of sp³-hybridized carbons (Fsp3) is 0.200. The van der Waals surface area contributed by atoms with Gasteiger partial charge in [0.15, 0.2) is 0 Å². The first-order valence-corrected chi connectivity index (χ1v) is 5.49. The van der Waals surface area contributed by atoms with E-state index in [9.17, 15) is 0 Å². The lowest BCUT2D eigenvalue weighted by Crippen LogP contribution is -1.93. The van der Waals surface area contributed by atoms with Crippen molar-refractivity contribution in [1.29, 1.82) is 0 Å². The molecule has 3 rings (SSSR count). The zero-order valence-electron chi connectivity index (χ0n) is 8.64. The molecular formula is C15H14. The van der Waals surface area contributed by atoms with Crippen LogP contribution in [0.1, 0.15) is 17.9 Å². The van der Waals surface area contributed by atoms with Gasteiger partial charge in [0.1, 0.15) is 0 Å². The number of hydrogen-bond donors (Lipinski definition) is 0. The predicted octanol–water partition coefficient (Wildman–Crippen LogP) is 3.84. The third-order valence-electron chi connectivity index (χ3n) is 3.39. The highest BCUT2D eigenvalue weighted by Crippen LogP contribution is 2.61. The van der Waals surface area contributed by atoms with Gasteiger partial charge in [-0.05, 0) is 17.9 Å². The zero-order chi connectivity index (χ0) is 10.1. The van der Waals surface area contributed by atoms with E-state index >= 15 is 0 Å². The molecule has 1 fully saturated rings. The molecule has 1 saturated carbocycles. The summed E-state index contributed by atoms with van der Waals surface area (Å²) in [5.74, 6) is 0.686. The Balaban J connectivity index is 1.90. The SMILES string of the molecule is C1=CC=CC2(C=C1)CC2c1ccccc1. The molecule has 2 aliphatic rings. The summed E-state index contributed by atoms with van der Waals surface area (Å²) >= 11 is 0. The van der Waals surface area contributed by atoms with Crippen LogP contribution in [0, 0.1) is 5.41 Å². The van der Waals surface area contributed by atoms with Crippen molar-refractivity contribution in [3.05, 3.63) is 72.4 Å². The summed E-state index contributed by atoms with van der Waals surface area (Å²) in [4.78, 5) is 0. The van der Waals surface area contributed by atoms with Crippen molar-refractivity contribution in [2.45, 2.75) is 12.3 Å². The summed E-state index contributed by atoms with van der Waals surface area (Å²) in [7, 11) is 0. The molecule has 1 atom stereocenters. The van der Waals surface area contributed by atoms with Crippen molar-refractivity contribution < 1.29 is 0 Å². The van der Waals surface area contributed by atoms with Crippen LogP contribution in [0.5, 0.6) is 0 Å². The van der Waals surface area contributed by atoms with Gasteiger partial charge in [0.25, 0.3) is 0 Å². The molecule has 0 bridgehead atoms. The quantitative estimate of drug-likeness (QED) is 0.637. The second-order valence-corrected chi connectivity index (χ2v) is 4.38. The van der Waals surface area contributed by atoms with Crippen molar-refractivity contribution in [2.75, 3.05) is 0 Å². The molecule has 2 aliphatic carbocycles. The summed E-state index contributed by atoms with van der Waals surface area (Å²) < 4.78 is 0. The topological polar surface area (TPSA) is 0 Å². The second kappa shape index (κ2) is 3.23. The number of allylic oxidation sites excluding steroid dienone is 6. The van der Waals surface area contributed by atoms with Gasteiger partial charge < -0.3 is 0 Å². The van der Waals surface area contributed by atoms with Crippen LogP contribution in [0.4, 0.5) is 0 Å². The fourth-order valence-electron chi connectivity index (χ4n) is 2.43. The Labute approximate surface area is 90.6 Å². The van der Waals surface area contributed by atoms with E-state index in [0.717, 1.165) is 0 Å². The lowest BCUT2D eigenvalue weighted by atomic mass is 9.98. The number of hydrogen-bond acceptors (Lipinski definition) is 0. The Morgan fingerprint density at radius 3 is 2.20 bits per heavy atom. The monoisotopic (exact) mass is 194 g/mol. The lowest BCUT2D eigenvalue weighted by Gasteiger charge is -2.06. The predicted molar refractivity (Wildman–Crippen MR) is 63.7 cm³/mol. The summed E-state index contributed by atoms with van der Waals surface area (Å²) in [6.07, 6.45) is 14.5. The Kier molecular flexibility index (Phi) is 1.88. The van der Waals surface area contributed by atoms with Crippen LogP contribution in [0.3, 0.4) is 0 Å². The highest BCUT2D eigenvalue weighted by molar-refractivity contribution is 5.41. The Hall–Kier alpha value is -1.56. The van der Waals surface area contributed by atoms with Gasteiger partial charge in [-0.25, -0.2) is 0 Å². The highest BCUT2D eigenvalue weighted by Gasteiger charge is 2.50. The van der Waals surface area contributed by atoms with E-state index in [2.05, 4.69) is 66.8 Å². The highest BCUT2D eigenvalue weighted by atomic mass is 14.5. The van der Waals surface area contributed by atoms with Gasteiger partial charge in [-0.3, -0.25) is 0 Å². The van der Waals surface area contributed by atoms with Crippen LogP contribution in [0.15, 0.2) is 66.8 Å². The van der Waals surface area contributed by atoms with E-state index in [4.69, 9.17) is 0 Å². The molecule has 0 nitrogen and oxygen atoms in total. The summed E-state index contributed by atoms with van der Waals surface area (Å²) in [5, 5.41) is 0. The standard InChI is InChI=1S/C15H14/c1-2-7-11-15(10-6-1)12-14(15)13-8-4-3-5-9-13/h1-11,14H,12H2.